The second-order valence-corrected chi connectivity index (χ2v) is 6.11. The Balaban J connectivity index is 1.66. The maximum atomic E-state index is 11.6. The highest BCUT2D eigenvalue weighted by molar-refractivity contribution is 5.73. The SMILES string of the molecule is CC(=O)N1CCCC2(CN(Cc3ccccn3)CCO2)C1. The molecular weight excluding hydrogens is 266 g/mol. The molecule has 1 aromatic heterocycles. The van der Waals surface area contributed by atoms with Gasteiger partial charge in [-0.25, -0.2) is 0 Å². The average Bonchev–Trinajstić information content (AvgIpc) is 2.48. The molecule has 0 saturated carbocycles. The quantitative estimate of drug-likeness (QED) is 0.823. The van der Waals surface area contributed by atoms with Gasteiger partial charge in [-0.05, 0) is 25.0 Å². The molecule has 1 unspecified atom stereocenters. The molecule has 0 aromatic carbocycles. The molecule has 1 atom stereocenters. The molecule has 114 valence electrons. The van der Waals surface area contributed by atoms with Crippen molar-refractivity contribution in [2.75, 3.05) is 32.8 Å². The van der Waals surface area contributed by atoms with E-state index in [1.807, 2.05) is 23.2 Å². The van der Waals surface area contributed by atoms with Crippen LogP contribution in [0.25, 0.3) is 0 Å². The van der Waals surface area contributed by atoms with Gasteiger partial charge in [-0.15, -0.1) is 0 Å². The molecular formula is C16H23N3O2. The van der Waals surface area contributed by atoms with E-state index >= 15 is 0 Å². The van der Waals surface area contributed by atoms with Crippen molar-refractivity contribution in [2.45, 2.75) is 31.9 Å². The molecule has 0 bridgehead atoms. The van der Waals surface area contributed by atoms with Gasteiger partial charge in [0.05, 0.1) is 24.4 Å². The number of aromatic nitrogens is 1. The summed E-state index contributed by atoms with van der Waals surface area (Å²) in [6, 6.07) is 6.03. The van der Waals surface area contributed by atoms with Crippen LogP contribution in [0.4, 0.5) is 0 Å². The molecule has 2 saturated heterocycles. The lowest BCUT2D eigenvalue weighted by Gasteiger charge is -2.47. The van der Waals surface area contributed by atoms with Crippen LogP contribution in [0.1, 0.15) is 25.5 Å². The topological polar surface area (TPSA) is 45.7 Å². The molecule has 5 nitrogen and oxygen atoms in total. The Morgan fingerprint density at radius 2 is 2.29 bits per heavy atom. The summed E-state index contributed by atoms with van der Waals surface area (Å²) in [5.41, 5.74) is 0.908. The monoisotopic (exact) mass is 289 g/mol. The van der Waals surface area contributed by atoms with Crippen LogP contribution < -0.4 is 0 Å². The van der Waals surface area contributed by atoms with E-state index < -0.39 is 0 Å². The molecule has 2 aliphatic rings. The van der Waals surface area contributed by atoms with E-state index in [2.05, 4.69) is 16.0 Å². The number of nitrogens with zero attached hydrogens (tertiary/aromatic N) is 3. The number of amides is 1. The molecule has 5 heteroatoms. The van der Waals surface area contributed by atoms with Gasteiger partial charge in [0.2, 0.25) is 5.91 Å². The third-order valence-corrected chi connectivity index (χ3v) is 4.42. The van der Waals surface area contributed by atoms with E-state index in [-0.39, 0.29) is 11.5 Å². The van der Waals surface area contributed by atoms with Crippen molar-refractivity contribution in [3.63, 3.8) is 0 Å². The van der Waals surface area contributed by atoms with Gasteiger partial charge < -0.3 is 9.64 Å². The molecule has 3 rings (SSSR count). The van der Waals surface area contributed by atoms with Crippen molar-refractivity contribution in [2.24, 2.45) is 0 Å². The molecule has 0 N–H and O–H groups in total. The summed E-state index contributed by atoms with van der Waals surface area (Å²) < 4.78 is 6.10. The summed E-state index contributed by atoms with van der Waals surface area (Å²) in [4.78, 5) is 20.4. The van der Waals surface area contributed by atoms with Gasteiger partial charge in [0.1, 0.15) is 0 Å². The number of likely N-dealkylation sites (tertiary alicyclic amines) is 1. The van der Waals surface area contributed by atoms with Crippen molar-refractivity contribution < 1.29 is 9.53 Å². The smallest absolute Gasteiger partial charge is 0.219 e. The second-order valence-electron chi connectivity index (χ2n) is 6.11. The lowest BCUT2D eigenvalue weighted by atomic mass is 9.90. The first-order chi connectivity index (χ1) is 10.2. The number of rotatable bonds is 2. The van der Waals surface area contributed by atoms with Gasteiger partial charge in [-0.1, -0.05) is 6.07 Å². The van der Waals surface area contributed by atoms with Crippen LogP contribution in [0.15, 0.2) is 24.4 Å². The van der Waals surface area contributed by atoms with Crippen LogP contribution in [0.5, 0.6) is 0 Å². The summed E-state index contributed by atoms with van der Waals surface area (Å²) in [6.07, 6.45) is 3.90. The third kappa shape index (κ3) is 3.41. The number of morpholine rings is 1. The van der Waals surface area contributed by atoms with E-state index in [0.29, 0.717) is 0 Å². The van der Waals surface area contributed by atoms with Gasteiger partial charge in [0.15, 0.2) is 0 Å². The van der Waals surface area contributed by atoms with Crippen LogP contribution in [-0.4, -0.2) is 59.1 Å². The van der Waals surface area contributed by atoms with Gasteiger partial charge in [0, 0.05) is 39.3 Å². The normalized spacial score (nSPS) is 27.0. The molecule has 1 spiro atoms. The molecule has 21 heavy (non-hydrogen) atoms. The fourth-order valence-electron chi connectivity index (χ4n) is 3.39. The van der Waals surface area contributed by atoms with E-state index in [1.54, 1.807) is 6.92 Å². The highest BCUT2D eigenvalue weighted by Gasteiger charge is 2.41. The van der Waals surface area contributed by atoms with Gasteiger partial charge >= 0.3 is 0 Å². The number of ether oxygens (including phenoxy) is 1. The zero-order valence-corrected chi connectivity index (χ0v) is 12.6. The van der Waals surface area contributed by atoms with Crippen LogP contribution in [0.2, 0.25) is 0 Å². The van der Waals surface area contributed by atoms with Gasteiger partial charge in [-0.2, -0.15) is 0 Å². The summed E-state index contributed by atoms with van der Waals surface area (Å²) in [6.45, 7) is 6.63. The van der Waals surface area contributed by atoms with Gasteiger partial charge in [-0.3, -0.25) is 14.7 Å². The Morgan fingerprint density at radius 3 is 3.05 bits per heavy atom. The minimum Gasteiger partial charge on any atom is -0.370 e. The van der Waals surface area contributed by atoms with Crippen molar-refractivity contribution in [1.82, 2.24) is 14.8 Å². The lowest BCUT2D eigenvalue weighted by molar-refractivity contribution is -0.156. The highest BCUT2D eigenvalue weighted by atomic mass is 16.5. The first kappa shape index (κ1) is 14.5. The Labute approximate surface area is 125 Å². The number of piperidine rings is 1. The van der Waals surface area contributed by atoms with E-state index in [0.717, 1.165) is 57.9 Å². The zero-order chi connectivity index (χ0) is 14.7. The number of pyridine rings is 1. The van der Waals surface area contributed by atoms with Gasteiger partial charge in [0.25, 0.3) is 0 Å². The largest absolute Gasteiger partial charge is 0.370 e. The summed E-state index contributed by atoms with van der Waals surface area (Å²) in [7, 11) is 0. The predicted octanol–water partition coefficient (Wildman–Crippen LogP) is 1.29. The zero-order valence-electron chi connectivity index (χ0n) is 12.6. The molecule has 2 aliphatic heterocycles. The summed E-state index contributed by atoms with van der Waals surface area (Å²) >= 11 is 0. The third-order valence-electron chi connectivity index (χ3n) is 4.42. The molecule has 0 radical (unpaired) electrons. The first-order valence-electron chi connectivity index (χ1n) is 7.69. The average molecular weight is 289 g/mol. The van der Waals surface area contributed by atoms with Crippen molar-refractivity contribution >= 4 is 5.91 Å². The molecule has 2 fully saturated rings. The van der Waals surface area contributed by atoms with Crippen LogP contribution in [0.3, 0.4) is 0 Å². The lowest BCUT2D eigenvalue weighted by Crippen LogP contribution is -2.60. The number of carbonyl (C=O) groups excluding carboxylic acids is 1. The Bertz CT molecular complexity index is 490. The number of hydrogen-bond acceptors (Lipinski definition) is 4. The fourth-order valence-corrected chi connectivity index (χ4v) is 3.39. The summed E-state index contributed by atoms with van der Waals surface area (Å²) in [5.74, 6) is 0.152. The Morgan fingerprint density at radius 1 is 1.38 bits per heavy atom. The Kier molecular flexibility index (Phi) is 4.22. The molecule has 0 aliphatic carbocycles. The standard InChI is InChI=1S/C16H23N3O2/c1-14(20)19-8-4-6-16(13-19)12-18(9-10-21-16)11-15-5-2-3-7-17-15/h2-3,5,7H,4,6,8-13H2,1H3. The molecule has 3 heterocycles. The minimum absolute atomic E-state index is 0.152. The number of hydrogen-bond donors (Lipinski definition) is 0. The highest BCUT2D eigenvalue weighted by Crippen LogP contribution is 2.29. The maximum Gasteiger partial charge on any atom is 0.219 e. The van der Waals surface area contributed by atoms with E-state index in [1.165, 1.54) is 0 Å². The minimum atomic E-state index is -0.184. The molecule has 1 aromatic rings. The predicted molar refractivity (Wildman–Crippen MR) is 79.7 cm³/mol. The Hall–Kier alpha value is -1.46. The van der Waals surface area contributed by atoms with Crippen molar-refractivity contribution in [3.05, 3.63) is 30.1 Å². The molecule has 1 amide bonds. The fraction of sp³-hybridized carbons (Fsp3) is 0.625. The second kappa shape index (κ2) is 6.12. The van der Waals surface area contributed by atoms with Crippen molar-refractivity contribution in [3.8, 4) is 0 Å². The van der Waals surface area contributed by atoms with E-state index in [4.69, 9.17) is 4.74 Å². The number of carbonyl (C=O) groups is 1. The van der Waals surface area contributed by atoms with Crippen LogP contribution in [-0.2, 0) is 16.1 Å². The first-order valence-corrected chi connectivity index (χ1v) is 7.69. The van der Waals surface area contributed by atoms with Crippen LogP contribution >= 0.6 is 0 Å². The summed E-state index contributed by atoms with van der Waals surface area (Å²) in [5, 5.41) is 0. The van der Waals surface area contributed by atoms with Crippen molar-refractivity contribution in [1.29, 1.82) is 0 Å². The maximum absolute atomic E-state index is 11.6. The van der Waals surface area contributed by atoms with Crippen LogP contribution in [0, 0.1) is 0 Å². The van der Waals surface area contributed by atoms with E-state index in [9.17, 15) is 4.79 Å².